The molecule has 0 spiro atoms. The topological polar surface area (TPSA) is 86.6 Å². The molecule has 29 heavy (non-hydrogen) atoms. The van der Waals surface area contributed by atoms with Crippen LogP contribution in [0.2, 0.25) is 0 Å². The second kappa shape index (κ2) is 8.37. The lowest BCUT2D eigenvalue weighted by molar-refractivity contribution is 0.173. The zero-order valence-corrected chi connectivity index (χ0v) is 17.3. The summed E-state index contributed by atoms with van der Waals surface area (Å²) in [6.07, 6.45) is 0. The molecule has 0 aromatic heterocycles. The fourth-order valence-corrected chi connectivity index (χ4v) is 4.30. The normalized spacial score (nSPS) is 13.8. The number of aromatic hydroxyl groups is 1. The first kappa shape index (κ1) is 21.0. The van der Waals surface area contributed by atoms with Crippen LogP contribution in [0.5, 0.6) is 5.75 Å². The maximum Gasteiger partial charge on any atom is 0.206 e. The van der Waals surface area contributed by atoms with Gasteiger partial charge in [-0.25, -0.2) is 8.42 Å². The van der Waals surface area contributed by atoms with Crippen molar-refractivity contribution in [2.75, 3.05) is 6.61 Å². The van der Waals surface area contributed by atoms with Gasteiger partial charge in [0.1, 0.15) is 5.75 Å². The summed E-state index contributed by atoms with van der Waals surface area (Å²) in [4.78, 5) is 0.508. The summed E-state index contributed by atoms with van der Waals surface area (Å²) in [7, 11) is -3.56. The largest absolute Gasteiger partial charge is 0.508 e. The Labute approximate surface area is 171 Å². The van der Waals surface area contributed by atoms with Crippen molar-refractivity contribution in [1.29, 1.82) is 0 Å². The highest BCUT2D eigenvalue weighted by atomic mass is 32.2. The van der Waals surface area contributed by atoms with E-state index in [0.717, 1.165) is 16.7 Å². The standard InChI is InChI=1S/C23H25NO4S/c1-17-6-10-21(11-7-17)29(27,28)22-12-8-18(9-13-22)15-24-23(2,16-25)19-4-3-5-20(26)14-19/h3-14,24-26H,15-16H2,1-2H3/t23-/m0/s1. The molecular formula is C23H25NO4S. The van der Waals surface area contributed by atoms with E-state index in [0.29, 0.717) is 6.54 Å². The fraction of sp³-hybridized carbons (Fsp3) is 0.217. The molecule has 5 nitrogen and oxygen atoms in total. The van der Waals surface area contributed by atoms with Crippen molar-refractivity contribution in [3.05, 3.63) is 89.5 Å². The summed E-state index contributed by atoms with van der Waals surface area (Å²) >= 11 is 0. The predicted molar refractivity (Wildman–Crippen MR) is 112 cm³/mol. The summed E-state index contributed by atoms with van der Waals surface area (Å²) in [5.74, 6) is 0.134. The molecule has 0 radical (unpaired) electrons. The molecule has 0 bridgehead atoms. The number of phenols is 1. The molecule has 0 aliphatic rings. The molecule has 3 rings (SSSR count). The van der Waals surface area contributed by atoms with Gasteiger partial charge in [-0.05, 0) is 61.4 Å². The predicted octanol–water partition coefficient (Wildman–Crippen LogP) is 3.53. The number of rotatable bonds is 7. The highest BCUT2D eigenvalue weighted by Crippen LogP contribution is 2.25. The Morgan fingerprint density at radius 3 is 2.07 bits per heavy atom. The van der Waals surface area contributed by atoms with E-state index in [1.165, 1.54) is 0 Å². The van der Waals surface area contributed by atoms with Gasteiger partial charge >= 0.3 is 0 Å². The van der Waals surface area contributed by atoms with Crippen molar-refractivity contribution in [2.24, 2.45) is 0 Å². The summed E-state index contributed by atoms with van der Waals surface area (Å²) in [5.41, 5.74) is 1.90. The van der Waals surface area contributed by atoms with Crippen LogP contribution in [-0.2, 0) is 21.9 Å². The van der Waals surface area contributed by atoms with Crippen molar-refractivity contribution in [1.82, 2.24) is 5.32 Å². The van der Waals surface area contributed by atoms with Crippen molar-refractivity contribution >= 4 is 9.84 Å². The van der Waals surface area contributed by atoms with Gasteiger partial charge in [-0.3, -0.25) is 0 Å². The van der Waals surface area contributed by atoms with E-state index >= 15 is 0 Å². The van der Waals surface area contributed by atoms with Crippen molar-refractivity contribution in [2.45, 2.75) is 35.7 Å². The second-order valence-electron chi connectivity index (χ2n) is 7.35. The van der Waals surface area contributed by atoms with Crippen molar-refractivity contribution < 1.29 is 18.6 Å². The van der Waals surface area contributed by atoms with E-state index in [1.54, 1.807) is 66.7 Å². The third kappa shape index (κ3) is 4.67. The number of aryl methyl sites for hydroxylation is 1. The number of hydrogen-bond donors (Lipinski definition) is 3. The molecule has 0 fully saturated rings. The maximum atomic E-state index is 12.8. The number of aliphatic hydroxyl groups excluding tert-OH is 1. The van der Waals surface area contributed by atoms with Crippen molar-refractivity contribution in [3.63, 3.8) is 0 Å². The van der Waals surface area contributed by atoms with Gasteiger partial charge in [-0.15, -0.1) is 0 Å². The summed E-state index contributed by atoms with van der Waals surface area (Å²) < 4.78 is 25.5. The Hall–Kier alpha value is -2.67. The minimum Gasteiger partial charge on any atom is -0.508 e. The Kier molecular flexibility index (Phi) is 6.07. The van der Waals surface area contributed by atoms with E-state index in [9.17, 15) is 18.6 Å². The van der Waals surface area contributed by atoms with E-state index in [-0.39, 0.29) is 22.1 Å². The Morgan fingerprint density at radius 2 is 1.52 bits per heavy atom. The molecular weight excluding hydrogens is 386 g/mol. The number of benzene rings is 3. The zero-order chi connectivity index (χ0) is 21.1. The quantitative estimate of drug-likeness (QED) is 0.554. The van der Waals surface area contributed by atoms with Crippen LogP contribution >= 0.6 is 0 Å². The number of aliphatic hydroxyl groups is 1. The molecule has 6 heteroatoms. The van der Waals surface area contributed by atoms with Gasteiger partial charge in [0.25, 0.3) is 0 Å². The minimum absolute atomic E-state index is 0.134. The zero-order valence-electron chi connectivity index (χ0n) is 16.5. The second-order valence-corrected chi connectivity index (χ2v) is 9.30. The first-order valence-corrected chi connectivity index (χ1v) is 10.8. The number of hydrogen-bond acceptors (Lipinski definition) is 5. The third-order valence-electron chi connectivity index (χ3n) is 5.05. The smallest absolute Gasteiger partial charge is 0.206 e. The molecule has 0 saturated carbocycles. The van der Waals surface area contributed by atoms with E-state index in [2.05, 4.69) is 5.32 Å². The third-order valence-corrected chi connectivity index (χ3v) is 6.83. The SMILES string of the molecule is Cc1ccc(S(=O)(=O)c2ccc(CN[C@@](C)(CO)c3cccc(O)c3)cc2)cc1. The molecule has 0 saturated heterocycles. The number of sulfone groups is 1. The van der Waals surface area contributed by atoms with E-state index < -0.39 is 15.4 Å². The van der Waals surface area contributed by atoms with Gasteiger partial charge in [-0.2, -0.15) is 0 Å². The molecule has 3 N–H and O–H groups in total. The molecule has 152 valence electrons. The van der Waals surface area contributed by atoms with Gasteiger partial charge in [0.15, 0.2) is 0 Å². The van der Waals surface area contributed by atoms with Crippen LogP contribution in [0.25, 0.3) is 0 Å². The van der Waals surface area contributed by atoms with Crippen LogP contribution in [0.15, 0.2) is 82.6 Å². The van der Waals surface area contributed by atoms with Crippen molar-refractivity contribution in [3.8, 4) is 5.75 Å². The summed E-state index contributed by atoms with van der Waals surface area (Å²) in [6.45, 7) is 4.03. The van der Waals surface area contributed by atoms with E-state index in [4.69, 9.17) is 0 Å². The summed E-state index contributed by atoms with van der Waals surface area (Å²) in [6, 6.07) is 20.2. The van der Waals surface area contributed by atoms with Crippen LogP contribution in [0.1, 0.15) is 23.6 Å². The lowest BCUT2D eigenvalue weighted by Crippen LogP contribution is -2.42. The molecule has 0 unspecified atom stereocenters. The van der Waals surface area contributed by atoms with Gasteiger partial charge in [0, 0.05) is 6.54 Å². The maximum absolute atomic E-state index is 12.8. The Morgan fingerprint density at radius 1 is 0.931 bits per heavy atom. The van der Waals surface area contributed by atoms with Crippen LogP contribution in [0, 0.1) is 6.92 Å². The lowest BCUT2D eigenvalue weighted by atomic mass is 9.92. The molecule has 0 aliphatic carbocycles. The molecule has 0 heterocycles. The molecule has 1 atom stereocenters. The summed E-state index contributed by atoms with van der Waals surface area (Å²) in [5, 5.41) is 22.9. The fourth-order valence-electron chi connectivity index (χ4n) is 3.04. The lowest BCUT2D eigenvalue weighted by Gasteiger charge is -2.29. The average Bonchev–Trinajstić information content (AvgIpc) is 2.72. The van der Waals surface area contributed by atoms with Crippen LogP contribution in [0.3, 0.4) is 0 Å². The minimum atomic E-state index is -3.56. The van der Waals surface area contributed by atoms with E-state index in [1.807, 2.05) is 19.9 Å². The average molecular weight is 412 g/mol. The van der Waals surface area contributed by atoms with Gasteiger partial charge < -0.3 is 15.5 Å². The monoisotopic (exact) mass is 411 g/mol. The van der Waals surface area contributed by atoms with Gasteiger partial charge in [-0.1, -0.05) is 42.0 Å². The highest BCUT2D eigenvalue weighted by molar-refractivity contribution is 7.91. The number of nitrogens with one attached hydrogen (secondary N) is 1. The Balaban J connectivity index is 1.76. The Bertz CT molecular complexity index is 1080. The van der Waals surface area contributed by atoms with Crippen LogP contribution in [-0.4, -0.2) is 25.2 Å². The van der Waals surface area contributed by atoms with Crippen LogP contribution in [0.4, 0.5) is 0 Å². The molecule has 3 aromatic rings. The highest BCUT2D eigenvalue weighted by Gasteiger charge is 2.25. The van der Waals surface area contributed by atoms with Gasteiger partial charge in [0.05, 0.1) is 21.9 Å². The first-order valence-electron chi connectivity index (χ1n) is 9.31. The molecule has 0 amide bonds. The van der Waals surface area contributed by atoms with Gasteiger partial charge in [0.2, 0.25) is 9.84 Å². The number of phenolic OH excluding ortho intramolecular Hbond substituents is 1. The molecule has 3 aromatic carbocycles. The van der Waals surface area contributed by atoms with Crippen LogP contribution < -0.4 is 5.32 Å². The molecule has 0 aliphatic heterocycles. The first-order chi connectivity index (χ1) is 13.7.